The van der Waals surface area contributed by atoms with Crippen LogP contribution >= 0.6 is 0 Å². The highest BCUT2D eigenvalue weighted by atomic mass is 16.6. The molecule has 2 heteroatoms. The van der Waals surface area contributed by atoms with E-state index in [1.54, 1.807) is 6.08 Å². The average molecular weight is 115 g/mol. The van der Waals surface area contributed by atoms with Gasteiger partial charge in [0, 0.05) is 6.92 Å². The number of rotatable bonds is 3. The van der Waals surface area contributed by atoms with E-state index >= 15 is 0 Å². The molecular weight excluding hydrogens is 104 g/mol. The van der Waals surface area contributed by atoms with Gasteiger partial charge in [0.2, 0.25) is 0 Å². The minimum Gasteiger partial charge on any atom is -0.366 e. The van der Waals surface area contributed by atoms with Crippen molar-refractivity contribution >= 4 is 0 Å². The van der Waals surface area contributed by atoms with Gasteiger partial charge in [0.25, 0.3) is 0 Å². The van der Waals surface area contributed by atoms with Crippen LogP contribution in [0.2, 0.25) is 0 Å². The van der Waals surface area contributed by atoms with Crippen molar-refractivity contribution in [3.8, 4) is 0 Å². The van der Waals surface area contributed by atoms with Crippen molar-refractivity contribution < 1.29 is 9.84 Å². The number of aliphatic hydroxyl groups is 1. The second-order valence-electron chi connectivity index (χ2n) is 1.77. The zero-order chi connectivity index (χ0) is 6.62. The van der Waals surface area contributed by atoms with E-state index in [4.69, 9.17) is 9.84 Å². The van der Waals surface area contributed by atoms with Crippen molar-refractivity contribution in [1.29, 1.82) is 0 Å². The third kappa shape index (κ3) is 5.66. The minimum atomic E-state index is -1.27. The number of hydrogen-bond donors (Lipinski definition) is 1. The van der Waals surface area contributed by atoms with Crippen LogP contribution in [0, 0.1) is 6.92 Å². The Morgan fingerprint density at radius 1 is 1.88 bits per heavy atom. The Morgan fingerprint density at radius 2 is 2.38 bits per heavy atom. The Kier molecular flexibility index (Phi) is 2.72. The maximum Gasteiger partial charge on any atom is 0.163 e. The monoisotopic (exact) mass is 115 g/mol. The molecule has 2 nitrogen and oxygen atoms in total. The van der Waals surface area contributed by atoms with Crippen LogP contribution in [0.15, 0.2) is 12.7 Å². The second-order valence-corrected chi connectivity index (χ2v) is 1.77. The second kappa shape index (κ2) is 2.84. The lowest BCUT2D eigenvalue weighted by Gasteiger charge is -2.15. The molecule has 0 aromatic rings. The van der Waals surface area contributed by atoms with Gasteiger partial charge in [-0.3, -0.25) is 0 Å². The quantitative estimate of drug-likeness (QED) is 0.434. The van der Waals surface area contributed by atoms with E-state index in [0.717, 1.165) is 0 Å². The van der Waals surface area contributed by atoms with Gasteiger partial charge in [-0.25, -0.2) is 0 Å². The lowest BCUT2D eigenvalue weighted by Crippen LogP contribution is -2.23. The lowest BCUT2D eigenvalue weighted by molar-refractivity contribution is -0.146. The first-order valence-corrected chi connectivity index (χ1v) is 2.39. The third-order valence-electron chi connectivity index (χ3n) is 0.512. The molecule has 1 radical (unpaired) electrons. The van der Waals surface area contributed by atoms with Crippen LogP contribution in [0.5, 0.6) is 0 Å². The first kappa shape index (κ1) is 7.66. The number of ether oxygens (including phenoxy) is 1. The molecular formula is C6H11O2. The topological polar surface area (TPSA) is 29.5 Å². The van der Waals surface area contributed by atoms with E-state index in [9.17, 15) is 0 Å². The van der Waals surface area contributed by atoms with Crippen LogP contribution in [0.3, 0.4) is 0 Å². The summed E-state index contributed by atoms with van der Waals surface area (Å²) in [4.78, 5) is 0. The third-order valence-corrected chi connectivity index (χ3v) is 0.512. The predicted octanol–water partition coefficient (Wildman–Crippen LogP) is 0.732. The van der Waals surface area contributed by atoms with Crippen molar-refractivity contribution in [2.45, 2.75) is 12.7 Å². The maximum atomic E-state index is 8.77. The molecule has 0 fully saturated rings. The van der Waals surface area contributed by atoms with Gasteiger partial charge in [-0.2, -0.15) is 0 Å². The standard InChI is InChI=1S/C6H11O2/c1-4-5-8-6(2,3)7/h4,7H,1-2,5H2,3H3. The molecule has 0 bridgehead atoms. The maximum absolute atomic E-state index is 8.77. The van der Waals surface area contributed by atoms with Gasteiger partial charge in [0.1, 0.15) is 0 Å². The molecule has 0 amide bonds. The molecule has 1 unspecified atom stereocenters. The fourth-order valence-corrected chi connectivity index (χ4v) is 0.238. The Labute approximate surface area is 49.8 Å². The molecule has 0 saturated carbocycles. The molecule has 1 N–H and O–H groups in total. The van der Waals surface area contributed by atoms with E-state index in [0.29, 0.717) is 6.61 Å². The summed E-state index contributed by atoms with van der Waals surface area (Å²) in [5.41, 5.74) is 0. The summed E-state index contributed by atoms with van der Waals surface area (Å²) >= 11 is 0. The predicted molar refractivity (Wildman–Crippen MR) is 32.1 cm³/mol. The summed E-state index contributed by atoms with van der Waals surface area (Å²) in [6.45, 7) is 8.49. The largest absolute Gasteiger partial charge is 0.366 e. The Bertz CT molecular complexity index is 71.1. The highest BCUT2D eigenvalue weighted by molar-refractivity contribution is 4.69. The van der Waals surface area contributed by atoms with E-state index in [-0.39, 0.29) is 0 Å². The van der Waals surface area contributed by atoms with E-state index < -0.39 is 5.79 Å². The molecule has 0 heterocycles. The van der Waals surface area contributed by atoms with Gasteiger partial charge >= 0.3 is 0 Å². The van der Waals surface area contributed by atoms with Gasteiger partial charge in [0.15, 0.2) is 5.79 Å². The highest BCUT2D eigenvalue weighted by Crippen LogP contribution is 2.00. The molecule has 47 valence electrons. The van der Waals surface area contributed by atoms with E-state index in [1.807, 2.05) is 0 Å². The SMILES string of the molecule is [CH2]C(C)(O)OCC=C. The normalized spacial score (nSPS) is 11.4. The highest BCUT2D eigenvalue weighted by Gasteiger charge is 2.09. The van der Waals surface area contributed by atoms with Gasteiger partial charge in [-0.05, 0) is 6.92 Å². The number of hydrogen-bond acceptors (Lipinski definition) is 2. The summed E-state index contributed by atoms with van der Waals surface area (Å²) in [5.74, 6) is -1.27. The Balaban J connectivity index is 3.24. The van der Waals surface area contributed by atoms with Crippen molar-refractivity contribution in [1.82, 2.24) is 0 Å². The Morgan fingerprint density at radius 3 is 2.50 bits per heavy atom. The molecule has 0 aromatic heterocycles. The fourth-order valence-electron chi connectivity index (χ4n) is 0.238. The van der Waals surface area contributed by atoms with Crippen LogP contribution in [0.4, 0.5) is 0 Å². The van der Waals surface area contributed by atoms with Crippen LogP contribution < -0.4 is 0 Å². The summed E-state index contributed by atoms with van der Waals surface area (Å²) in [5, 5.41) is 8.77. The lowest BCUT2D eigenvalue weighted by atomic mass is 10.4. The molecule has 0 aliphatic heterocycles. The van der Waals surface area contributed by atoms with Crippen molar-refractivity contribution in [2.24, 2.45) is 0 Å². The van der Waals surface area contributed by atoms with Gasteiger partial charge in [-0.15, -0.1) is 6.58 Å². The smallest absolute Gasteiger partial charge is 0.163 e. The van der Waals surface area contributed by atoms with Crippen molar-refractivity contribution in [3.05, 3.63) is 19.6 Å². The molecule has 0 spiro atoms. The Hall–Kier alpha value is -0.340. The van der Waals surface area contributed by atoms with E-state index in [2.05, 4.69) is 13.5 Å². The van der Waals surface area contributed by atoms with Crippen LogP contribution in [-0.2, 0) is 4.74 Å². The average Bonchev–Trinajstić information content (AvgIpc) is 1.59. The summed E-state index contributed by atoms with van der Waals surface area (Å²) in [7, 11) is 0. The zero-order valence-electron chi connectivity index (χ0n) is 5.05. The first-order valence-electron chi connectivity index (χ1n) is 2.39. The fraction of sp³-hybridized carbons (Fsp3) is 0.500. The molecule has 1 atom stereocenters. The van der Waals surface area contributed by atoms with Gasteiger partial charge < -0.3 is 9.84 Å². The van der Waals surface area contributed by atoms with Crippen LogP contribution in [0.1, 0.15) is 6.92 Å². The molecule has 0 rings (SSSR count). The summed E-state index contributed by atoms with van der Waals surface area (Å²) < 4.78 is 4.70. The van der Waals surface area contributed by atoms with Crippen LogP contribution in [0.25, 0.3) is 0 Å². The van der Waals surface area contributed by atoms with Gasteiger partial charge in [0.05, 0.1) is 6.61 Å². The van der Waals surface area contributed by atoms with Crippen molar-refractivity contribution in [3.63, 3.8) is 0 Å². The molecule has 0 saturated heterocycles. The summed E-state index contributed by atoms with van der Waals surface area (Å²) in [6, 6.07) is 0. The van der Waals surface area contributed by atoms with E-state index in [1.165, 1.54) is 6.92 Å². The summed E-state index contributed by atoms with van der Waals surface area (Å²) in [6.07, 6.45) is 1.56. The van der Waals surface area contributed by atoms with Crippen LogP contribution in [-0.4, -0.2) is 17.5 Å². The van der Waals surface area contributed by atoms with Gasteiger partial charge in [-0.1, -0.05) is 6.08 Å². The molecule has 0 aliphatic carbocycles. The molecule has 0 aliphatic rings. The molecule has 8 heavy (non-hydrogen) atoms. The zero-order valence-corrected chi connectivity index (χ0v) is 5.05. The van der Waals surface area contributed by atoms with Crippen molar-refractivity contribution in [2.75, 3.05) is 6.61 Å². The minimum absolute atomic E-state index is 0.330. The molecule has 0 aromatic carbocycles. The first-order chi connectivity index (χ1) is 3.56.